The van der Waals surface area contributed by atoms with Crippen LogP contribution in [-0.4, -0.2) is 47.1 Å². The highest BCUT2D eigenvalue weighted by Gasteiger charge is 2.70. The van der Waals surface area contributed by atoms with Crippen LogP contribution < -0.4 is 0 Å². The van der Waals surface area contributed by atoms with E-state index >= 15 is 0 Å². The van der Waals surface area contributed by atoms with E-state index in [0.29, 0.717) is 18.8 Å². The number of aliphatic hydroxyl groups is 1. The maximum Gasteiger partial charge on any atom is 0.332 e. The molecule has 7 atom stereocenters. The van der Waals surface area contributed by atoms with Crippen LogP contribution in [0.1, 0.15) is 52.0 Å². The monoisotopic (exact) mass is 428 g/mol. The highest BCUT2D eigenvalue weighted by Crippen LogP contribution is 2.62. The topological polar surface area (TPSA) is 82.1 Å². The molecular weight excluding hydrogens is 396 g/mol. The van der Waals surface area contributed by atoms with Crippen LogP contribution in [0.15, 0.2) is 36.4 Å². The van der Waals surface area contributed by atoms with Crippen molar-refractivity contribution >= 4 is 18.0 Å². The third-order valence-corrected chi connectivity index (χ3v) is 7.71. The minimum atomic E-state index is -0.703. The molecule has 2 bridgehead atoms. The summed E-state index contributed by atoms with van der Waals surface area (Å²) in [5.74, 6) is -0.386. The molecule has 5 unspecified atom stereocenters. The molecule has 1 saturated carbocycles. The van der Waals surface area contributed by atoms with Crippen LogP contribution in [0.3, 0.4) is 0 Å². The molecule has 2 aliphatic heterocycles. The number of carbonyl (C=O) groups is 2. The van der Waals surface area contributed by atoms with Gasteiger partial charge in [-0.3, -0.25) is 0 Å². The lowest BCUT2D eigenvalue weighted by molar-refractivity contribution is -0.253. The van der Waals surface area contributed by atoms with Crippen molar-refractivity contribution in [1.29, 1.82) is 0 Å². The van der Waals surface area contributed by atoms with E-state index in [9.17, 15) is 14.7 Å². The first-order valence-electron chi connectivity index (χ1n) is 11.3. The predicted octanol–water partition coefficient (Wildman–Crippen LogP) is 3.52. The van der Waals surface area contributed by atoms with Crippen molar-refractivity contribution in [2.24, 2.45) is 17.8 Å². The van der Waals surface area contributed by atoms with Gasteiger partial charge in [-0.15, -0.1) is 0 Å². The molecule has 3 aliphatic rings. The Bertz CT molecular complexity index is 851. The number of fused-ring (bicyclic) bond motifs is 4. The number of benzene rings is 1. The summed E-state index contributed by atoms with van der Waals surface area (Å²) in [6, 6.07) is 9.63. The molecule has 0 aromatic heterocycles. The predicted molar refractivity (Wildman–Crippen MR) is 115 cm³/mol. The summed E-state index contributed by atoms with van der Waals surface area (Å²) < 4.78 is 18.4. The minimum Gasteiger partial charge on any atom is -0.457 e. The summed E-state index contributed by atoms with van der Waals surface area (Å²) in [5, 5.41) is 9.20. The molecule has 6 nitrogen and oxygen atoms in total. The first-order chi connectivity index (χ1) is 14.8. The second-order valence-corrected chi connectivity index (χ2v) is 9.38. The van der Waals surface area contributed by atoms with Gasteiger partial charge in [0.15, 0.2) is 0 Å². The Balaban J connectivity index is 1.61. The van der Waals surface area contributed by atoms with Crippen molar-refractivity contribution in [2.45, 2.75) is 69.9 Å². The van der Waals surface area contributed by atoms with Crippen LogP contribution in [0.5, 0.6) is 0 Å². The second-order valence-electron chi connectivity index (χ2n) is 9.38. The van der Waals surface area contributed by atoms with Gasteiger partial charge in [0.05, 0.1) is 0 Å². The molecule has 2 heterocycles. The zero-order valence-electron chi connectivity index (χ0n) is 18.5. The Morgan fingerprint density at radius 1 is 1.23 bits per heavy atom. The van der Waals surface area contributed by atoms with Gasteiger partial charge in [0.25, 0.3) is 0 Å². The molecule has 6 heteroatoms. The quantitative estimate of drug-likeness (QED) is 0.552. The van der Waals surface area contributed by atoms with Crippen molar-refractivity contribution in [3.63, 3.8) is 0 Å². The SMILES string of the molecule is CCC12CC(OC(=O)CO)C(C)(O1)C1CCC(C)[C@H]1[C@@H]2OC(=O)/C=C/c1ccccc1. The van der Waals surface area contributed by atoms with Crippen LogP contribution in [0, 0.1) is 17.8 Å². The van der Waals surface area contributed by atoms with Gasteiger partial charge >= 0.3 is 11.9 Å². The number of aliphatic hydroxyl groups excluding tert-OH is 1. The molecule has 1 aromatic rings. The first kappa shape index (κ1) is 22.0. The molecule has 1 aromatic carbocycles. The average Bonchev–Trinajstić information content (AvgIpc) is 3.28. The Kier molecular flexibility index (Phi) is 5.97. The second kappa shape index (κ2) is 8.40. The molecule has 1 aliphatic carbocycles. The van der Waals surface area contributed by atoms with Gasteiger partial charge in [0.1, 0.15) is 30.0 Å². The van der Waals surface area contributed by atoms with E-state index in [-0.39, 0.29) is 17.8 Å². The fourth-order valence-electron chi connectivity index (χ4n) is 6.15. The zero-order valence-corrected chi connectivity index (χ0v) is 18.5. The van der Waals surface area contributed by atoms with E-state index in [4.69, 9.17) is 14.2 Å². The molecule has 4 rings (SSSR count). The van der Waals surface area contributed by atoms with Crippen molar-refractivity contribution in [3.05, 3.63) is 42.0 Å². The summed E-state index contributed by atoms with van der Waals surface area (Å²) in [6.45, 7) is 5.59. The third-order valence-electron chi connectivity index (χ3n) is 7.71. The standard InChI is InChI=1S/C25H32O6/c1-4-25-14-19(29-21(28)15-26)24(3,31-25)18-12-10-16(2)22(18)23(25)30-20(27)13-11-17-8-6-5-7-9-17/h5-9,11,13,16,18-19,22-23,26H,4,10,12,14-15H2,1-3H3/b13-11+/t16?,18?,19?,22-,23+,24?,25?/m1/s1. The molecule has 2 saturated heterocycles. The molecule has 168 valence electrons. The molecule has 0 amide bonds. The molecule has 1 N–H and O–H groups in total. The molecular formula is C25H32O6. The lowest BCUT2D eigenvalue weighted by atomic mass is 9.71. The summed E-state index contributed by atoms with van der Waals surface area (Å²) in [4.78, 5) is 24.7. The van der Waals surface area contributed by atoms with Crippen LogP contribution in [0.4, 0.5) is 0 Å². The van der Waals surface area contributed by atoms with E-state index in [1.165, 1.54) is 6.08 Å². The zero-order chi connectivity index (χ0) is 22.2. The lowest BCUT2D eigenvalue weighted by Gasteiger charge is -2.51. The minimum absolute atomic E-state index is 0.122. The van der Waals surface area contributed by atoms with E-state index in [1.807, 2.05) is 44.2 Å². The normalized spacial score (nSPS) is 38.8. The van der Waals surface area contributed by atoms with Crippen LogP contribution in [0.2, 0.25) is 0 Å². The summed E-state index contributed by atoms with van der Waals surface area (Å²) >= 11 is 0. The van der Waals surface area contributed by atoms with E-state index in [1.54, 1.807) is 6.08 Å². The average molecular weight is 429 g/mol. The van der Waals surface area contributed by atoms with Crippen molar-refractivity contribution in [1.82, 2.24) is 0 Å². The van der Waals surface area contributed by atoms with Crippen molar-refractivity contribution < 1.29 is 28.9 Å². The number of ether oxygens (including phenoxy) is 3. The fraction of sp³-hybridized carbons (Fsp3) is 0.600. The van der Waals surface area contributed by atoms with Gasteiger partial charge in [-0.2, -0.15) is 0 Å². The number of hydrogen-bond donors (Lipinski definition) is 1. The van der Waals surface area contributed by atoms with Gasteiger partial charge in [-0.1, -0.05) is 44.2 Å². The third kappa shape index (κ3) is 3.80. The van der Waals surface area contributed by atoms with E-state index in [2.05, 4.69) is 6.92 Å². The lowest BCUT2D eigenvalue weighted by Crippen LogP contribution is -2.60. The van der Waals surface area contributed by atoms with Gasteiger partial charge in [-0.25, -0.2) is 9.59 Å². The molecule has 0 spiro atoms. The number of esters is 2. The number of carbonyl (C=O) groups excluding carboxylic acids is 2. The summed E-state index contributed by atoms with van der Waals surface area (Å²) in [5.41, 5.74) is -0.411. The first-order valence-corrected chi connectivity index (χ1v) is 11.3. The number of hydrogen-bond acceptors (Lipinski definition) is 6. The maximum atomic E-state index is 12.8. The van der Waals surface area contributed by atoms with E-state index in [0.717, 1.165) is 18.4 Å². The van der Waals surface area contributed by atoms with Crippen LogP contribution in [0.25, 0.3) is 6.08 Å². The molecule has 3 fully saturated rings. The van der Waals surface area contributed by atoms with Crippen LogP contribution in [-0.2, 0) is 23.8 Å². The smallest absolute Gasteiger partial charge is 0.332 e. The van der Waals surface area contributed by atoms with Crippen molar-refractivity contribution in [3.8, 4) is 0 Å². The Morgan fingerprint density at radius 3 is 2.65 bits per heavy atom. The van der Waals surface area contributed by atoms with Gasteiger partial charge in [-0.05, 0) is 49.7 Å². The highest BCUT2D eigenvalue weighted by atomic mass is 16.6. The Labute approximate surface area is 183 Å². The molecule has 31 heavy (non-hydrogen) atoms. The van der Waals surface area contributed by atoms with Gasteiger partial charge in [0, 0.05) is 18.4 Å². The highest BCUT2D eigenvalue weighted by molar-refractivity contribution is 5.87. The number of rotatable bonds is 6. The summed E-state index contributed by atoms with van der Waals surface area (Å²) in [7, 11) is 0. The maximum absolute atomic E-state index is 12.8. The molecule has 0 radical (unpaired) electrons. The fourth-order valence-corrected chi connectivity index (χ4v) is 6.15. The van der Waals surface area contributed by atoms with Gasteiger partial charge < -0.3 is 19.3 Å². The Hall–Kier alpha value is -2.18. The van der Waals surface area contributed by atoms with Crippen LogP contribution >= 0.6 is 0 Å². The van der Waals surface area contributed by atoms with E-state index < -0.39 is 36.0 Å². The Morgan fingerprint density at radius 2 is 1.97 bits per heavy atom. The van der Waals surface area contributed by atoms with Crippen molar-refractivity contribution in [2.75, 3.05) is 6.61 Å². The summed E-state index contributed by atoms with van der Waals surface area (Å²) in [6.07, 6.45) is 5.42. The van der Waals surface area contributed by atoms with Gasteiger partial charge in [0.2, 0.25) is 0 Å². The largest absolute Gasteiger partial charge is 0.457 e.